The van der Waals surface area contributed by atoms with Gasteiger partial charge in [0.2, 0.25) is 0 Å². The first-order chi connectivity index (χ1) is 13.8. The maximum absolute atomic E-state index is 13.0. The summed E-state index contributed by atoms with van der Waals surface area (Å²) in [4.78, 5) is 13.0. The normalized spacial score (nSPS) is 11.1. The first kappa shape index (κ1) is 21.2. The fourth-order valence-electron chi connectivity index (χ4n) is 2.67. The molecule has 0 fully saturated rings. The highest BCUT2D eigenvalue weighted by Crippen LogP contribution is 2.28. The van der Waals surface area contributed by atoms with E-state index in [0.717, 1.165) is 0 Å². The average molecular weight is 450 g/mol. The van der Waals surface area contributed by atoms with E-state index in [2.05, 4.69) is 4.72 Å². The fraction of sp³-hybridized carbons (Fsp3) is 0.0952. The number of hydrogen-bond acceptors (Lipinski definition) is 4. The van der Waals surface area contributed by atoms with Gasteiger partial charge in [-0.3, -0.25) is 9.52 Å². The van der Waals surface area contributed by atoms with Gasteiger partial charge in [-0.25, -0.2) is 8.42 Å². The summed E-state index contributed by atoms with van der Waals surface area (Å²) in [5.74, 6) is 0.120. The highest BCUT2D eigenvalue weighted by molar-refractivity contribution is 7.92. The quantitative estimate of drug-likeness (QED) is 0.488. The number of rotatable bonds is 7. The smallest absolute Gasteiger partial charge is 0.261 e. The second-order valence-electron chi connectivity index (χ2n) is 6.01. The predicted octanol–water partition coefficient (Wildman–Crippen LogP) is 5.42. The highest BCUT2D eigenvalue weighted by atomic mass is 35.5. The van der Waals surface area contributed by atoms with Crippen LogP contribution in [0.25, 0.3) is 0 Å². The molecule has 0 aliphatic heterocycles. The van der Waals surface area contributed by atoms with Crippen molar-refractivity contribution in [1.29, 1.82) is 0 Å². The monoisotopic (exact) mass is 449 g/mol. The SMILES string of the molecule is CCOc1ccc(S(=O)(=O)Nc2ccc(Cl)cc2C(=O)c2ccccc2Cl)cc1. The highest BCUT2D eigenvalue weighted by Gasteiger charge is 2.21. The zero-order chi connectivity index (χ0) is 21.0. The Morgan fingerprint density at radius 1 is 0.966 bits per heavy atom. The van der Waals surface area contributed by atoms with E-state index >= 15 is 0 Å². The summed E-state index contributed by atoms with van der Waals surface area (Å²) in [6, 6.07) is 16.9. The molecule has 0 heterocycles. The van der Waals surface area contributed by atoms with Gasteiger partial charge in [-0.1, -0.05) is 35.3 Å². The molecule has 0 radical (unpaired) electrons. The lowest BCUT2D eigenvalue weighted by atomic mass is 10.0. The maximum atomic E-state index is 13.0. The van der Waals surface area contributed by atoms with Crippen molar-refractivity contribution in [2.24, 2.45) is 0 Å². The third-order valence-corrected chi connectivity index (χ3v) is 5.98. The molecule has 0 aliphatic carbocycles. The lowest BCUT2D eigenvalue weighted by Crippen LogP contribution is -2.16. The van der Waals surface area contributed by atoms with Crippen molar-refractivity contribution in [1.82, 2.24) is 0 Å². The molecule has 29 heavy (non-hydrogen) atoms. The number of carbonyl (C=O) groups excluding carboxylic acids is 1. The lowest BCUT2D eigenvalue weighted by molar-refractivity contribution is 0.103. The number of halogens is 2. The van der Waals surface area contributed by atoms with E-state index in [-0.39, 0.29) is 26.7 Å². The van der Waals surface area contributed by atoms with Crippen molar-refractivity contribution in [3.63, 3.8) is 0 Å². The van der Waals surface area contributed by atoms with Gasteiger partial charge in [-0.05, 0) is 61.5 Å². The lowest BCUT2D eigenvalue weighted by Gasteiger charge is -2.13. The number of ether oxygens (including phenoxy) is 1. The van der Waals surface area contributed by atoms with Crippen LogP contribution in [-0.2, 0) is 10.0 Å². The third kappa shape index (κ3) is 4.90. The van der Waals surface area contributed by atoms with Crippen LogP contribution in [0.1, 0.15) is 22.8 Å². The predicted molar refractivity (Wildman–Crippen MR) is 115 cm³/mol. The van der Waals surface area contributed by atoms with Crippen LogP contribution in [0.15, 0.2) is 71.6 Å². The number of anilines is 1. The first-order valence-electron chi connectivity index (χ1n) is 8.66. The zero-order valence-corrected chi connectivity index (χ0v) is 17.7. The van der Waals surface area contributed by atoms with Crippen LogP contribution in [0.5, 0.6) is 5.75 Å². The Morgan fingerprint density at radius 3 is 2.31 bits per heavy atom. The van der Waals surface area contributed by atoms with Gasteiger partial charge in [-0.2, -0.15) is 0 Å². The number of nitrogens with one attached hydrogen (secondary N) is 1. The summed E-state index contributed by atoms with van der Waals surface area (Å²) >= 11 is 12.2. The van der Waals surface area contributed by atoms with Gasteiger partial charge in [0.25, 0.3) is 10.0 Å². The van der Waals surface area contributed by atoms with E-state index in [1.54, 1.807) is 36.4 Å². The van der Waals surface area contributed by atoms with Crippen molar-refractivity contribution < 1.29 is 17.9 Å². The molecule has 0 aromatic heterocycles. The van der Waals surface area contributed by atoms with E-state index in [0.29, 0.717) is 17.4 Å². The summed E-state index contributed by atoms with van der Waals surface area (Å²) in [7, 11) is -3.94. The van der Waals surface area contributed by atoms with Gasteiger partial charge in [0, 0.05) is 16.1 Å². The van der Waals surface area contributed by atoms with Crippen LogP contribution in [0, 0.1) is 0 Å². The van der Waals surface area contributed by atoms with Gasteiger partial charge in [0.15, 0.2) is 5.78 Å². The Bertz CT molecular complexity index is 1150. The maximum Gasteiger partial charge on any atom is 0.261 e. The Labute approximate surface area is 179 Å². The minimum absolute atomic E-state index is 0.0343. The second kappa shape index (κ2) is 8.86. The molecule has 0 atom stereocenters. The zero-order valence-electron chi connectivity index (χ0n) is 15.4. The topological polar surface area (TPSA) is 72.5 Å². The summed E-state index contributed by atoms with van der Waals surface area (Å²) in [5.41, 5.74) is 0.450. The summed E-state index contributed by atoms with van der Waals surface area (Å²) in [5, 5.41) is 0.558. The van der Waals surface area contributed by atoms with Crippen LogP contribution >= 0.6 is 23.2 Å². The van der Waals surface area contributed by atoms with Gasteiger partial charge in [0.05, 0.1) is 22.2 Å². The van der Waals surface area contributed by atoms with E-state index in [9.17, 15) is 13.2 Å². The summed E-state index contributed by atoms with van der Waals surface area (Å²) < 4.78 is 33.4. The molecule has 8 heteroatoms. The molecule has 0 aliphatic rings. The Morgan fingerprint density at radius 2 is 1.66 bits per heavy atom. The molecule has 3 aromatic rings. The summed E-state index contributed by atoms with van der Waals surface area (Å²) in [6.45, 7) is 2.31. The molecule has 150 valence electrons. The Hall–Kier alpha value is -2.54. The van der Waals surface area contributed by atoms with Crippen LogP contribution in [0.3, 0.4) is 0 Å². The molecule has 0 spiro atoms. The van der Waals surface area contributed by atoms with Crippen LogP contribution in [0.4, 0.5) is 5.69 Å². The van der Waals surface area contributed by atoms with Crippen molar-refractivity contribution in [2.45, 2.75) is 11.8 Å². The van der Waals surface area contributed by atoms with Crippen molar-refractivity contribution in [2.75, 3.05) is 11.3 Å². The number of hydrogen-bond donors (Lipinski definition) is 1. The average Bonchev–Trinajstić information content (AvgIpc) is 2.70. The molecule has 0 unspecified atom stereocenters. The molecule has 0 bridgehead atoms. The molecule has 0 amide bonds. The van der Waals surface area contributed by atoms with Crippen LogP contribution in [0.2, 0.25) is 10.0 Å². The van der Waals surface area contributed by atoms with Gasteiger partial charge >= 0.3 is 0 Å². The molecular weight excluding hydrogens is 433 g/mol. The number of ketones is 1. The van der Waals surface area contributed by atoms with Gasteiger partial charge in [-0.15, -0.1) is 0 Å². The minimum atomic E-state index is -3.94. The number of carbonyl (C=O) groups is 1. The molecule has 0 saturated carbocycles. The molecule has 0 saturated heterocycles. The number of benzene rings is 3. The van der Waals surface area contributed by atoms with Gasteiger partial charge in [0.1, 0.15) is 5.75 Å². The Kier molecular flexibility index (Phi) is 6.47. The minimum Gasteiger partial charge on any atom is -0.494 e. The van der Waals surface area contributed by atoms with E-state index in [4.69, 9.17) is 27.9 Å². The largest absolute Gasteiger partial charge is 0.494 e. The molecule has 1 N–H and O–H groups in total. The van der Waals surface area contributed by atoms with Gasteiger partial charge < -0.3 is 4.74 Å². The number of sulfonamides is 1. The molecule has 5 nitrogen and oxygen atoms in total. The first-order valence-corrected chi connectivity index (χ1v) is 10.9. The fourth-order valence-corrected chi connectivity index (χ4v) is 4.14. The van der Waals surface area contributed by atoms with Crippen molar-refractivity contribution in [3.05, 3.63) is 87.9 Å². The molecule has 3 aromatic carbocycles. The standard InChI is InChI=1S/C21H17Cl2NO4S/c1-2-28-15-8-10-16(11-9-15)29(26,27)24-20-12-7-14(22)13-18(20)21(25)17-5-3-4-6-19(17)23/h3-13,24H,2H2,1H3. The van der Waals surface area contributed by atoms with Crippen molar-refractivity contribution >= 4 is 44.7 Å². The second-order valence-corrected chi connectivity index (χ2v) is 8.53. The van der Waals surface area contributed by atoms with Crippen LogP contribution in [-0.4, -0.2) is 20.8 Å². The third-order valence-electron chi connectivity index (χ3n) is 4.03. The molecular formula is C21H17Cl2NO4S. The van der Waals surface area contributed by atoms with Crippen molar-refractivity contribution in [3.8, 4) is 5.75 Å². The summed E-state index contributed by atoms with van der Waals surface area (Å²) in [6.07, 6.45) is 0. The van der Waals surface area contributed by atoms with Crippen LogP contribution < -0.4 is 9.46 Å². The van der Waals surface area contributed by atoms with E-state index in [1.807, 2.05) is 6.92 Å². The van der Waals surface area contributed by atoms with E-state index < -0.39 is 15.8 Å². The van der Waals surface area contributed by atoms with E-state index in [1.165, 1.54) is 30.3 Å². The Balaban J connectivity index is 1.97. The molecule has 3 rings (SSSR count).